The van der Waals surface area contributed by atoms with Gasteiger partial charge in [-0.3, -0.25) is 0 Å². The van der Waals surface area contributed by atoms with Gasteiger partial charge in [-0.15, -0.1) is 12.6 Å². The summed E-state index contributed by atoms with van der Waals surface area (Å²) in [6.07, 6.45) is 4.76. The lowest BCUT2D eigenvalue weighted by atomic mass is 10.1. The van der Waals surface area contributed by atoms with E-state index in [2.05, 4.69) is 29.5 Å². The summed E-state index contributed by atoms with van der Waals surface area (Å²) in [6, 6.07) is 0. The molecule has 1 aromatic rings. The van der Waals surface area contributed by atoms with Crippen LogP contribution in [0.4, 0.5) is 0 Å². The van der Waals surface area contributed by atoms with Crippen molar-refractivity contribution in [2.24, 2.45) is 0 Å². The Bertz CT molecular complexity index is 410. The lowest BCUT2D eigenvalue weighted by Crippen LogP contribution is -2.07. The molecule has 17 heavy (non-hydrogen) atoms. The largest absolute Gasteiger partial charge is 0.492 e. The Morgan fingerprint density at radius 3 is 2.59 bits per heavy atom. The summed E-state index contributed by atoms with van der Waals surface area (Å²) in [4.78, 5) is 18.5. The van der Waals surface area contributed by atoms with Crippen LogP contribution in [0.2, 0.25) is 0 Å². The molecule has 0 saturated heterocycles. The molecule has 1 aromatic heterocycles. The smallest absolute Gasteiger partial charge is 0.355 e. The summed E-state index contributed by atoms with van der Waals surface area (Å²) in [7, 11) is 0. The van der Waals surface area contributed by atoms with E-state index in [1.54, 1.807) is 0 Å². The Morgan fingerprint density at radius 2 is 2.00 bits per heavy atom. The van der Waals surface area contributed by atoms with E-state index in [-0.39, 0.29) is 16.5 Å². The van der Waals surface area contributed by atoms with Gasteiger partial charge in [0.25, 0.3) is 0 Å². The molecule has 0 unspecified atom stereocenters. The first kappa shape index (κ1) is 13.8. The van der Waals surface area contributed by atoms with E-state index in [1.807, 2.05) is 0 Å². The second-order valence-corrected chi connectivity index (χ2v) is 4.22. The molecule has 0 spiro atoms. The highest BCUT2D eigenvalue weighted by Crippen LogP contribution is 2.22. The number of thiol groups is 1. The molecule has 0 aromatic carbocycles. The maximum Gasteiger partial charge on any atom is 0.355 e. The lowest BCUT2D eigenvalue weighted by Gasteiger charge is -2.05. The van der Waals surface area contributed by atoms with Crippen LogP contribution in [0.25, 0.3) is 0 Å². The molecule has 0 saturated carbocycles. The Kier molecular flexibility index (Phi) is 5.21. The van der Waals surface area contributed by atoms with Gasteiger partial charge in [-0.1, -0.05) is 26.2 Å². The number of nitrogens with zero attached hydrogens (tertiary/aromatic N) is 2. The number of hydrogen-bond donors (Lipinski definition) is 3. The summed E-state index contributed by atoms with van der Waals surface area (Å²) in [5.41, 5.74) is -0.244. The maximum atomic E-state index is 10.9. The van der Waals surface area contributed by atoms with E-state index in [1.165, 1.54) is 0 Å². The second-order valence-electron chi connectivity index (χ2n) is 3.78. The summed E-state index contributed by atoms with van der Waals surface area (Å²) >= 11 is 3.87. The number of carbonyl (C=O) groups is 1. The zero-order chi connectivity index (χ0) is 12.8. The van der Waals surface area contributed by atoms with Gasteiger partial charge in [0.1, 0.15) is 5.82 Å². The van der Waals surface area contributed by atoms with E-state index in [0.29, 0.717) is 12.2 Å². The molecule has 0 atom stereocenters. The van der Waals surface area contributed by atoms with Crippen molar-refractivity contribution in [3.63, 3.8) is 0 Å². The number of aromatic carboxylic acids is 1. The number of carboxylic acids is 1. The SMILES string of the molecule is CCCCCCc1nc(O)c(S)c(C(=O)O)n1. The minimum atomic E-state index is -1.21. The van der Waals surface area contributed by atoms with Crippen molar-refractivity contribution >= 4 is 18.6 Å². The molecule has 5 nitrogen and oxygen atoms in total. The molecule has 0 amide bonds. The predicted octanol–water partition coefficient (Wildman–Crippen LogP) is 2.29. The first-order valence-corrected chi connectivity index (χ1v) is 6.03. The summed E-state index contributed by atoms with van der Waals surface area (Å²) in [5, 5.41) is 18.3. The van der Waals surface area contributed by atoms with E-state index in [4.69, 9.17) is 5.11 Å². The maximum absolute atomic E-state index is 10.9. The Morgan fingerprint density at radius 1 is 1.29 bits per heavy atom. The van der Waals surface area contributed by atoms with E-state index in [9.17, 15) is 9.90 Å². The minimum Gasteiger partial charge on any atom is -0.492 e. The van der Waals surface area contributed by atoms with E-state index >= 15 is 0 Å². The zero-order valence-electron chi connectivity index (χ0n) is 9.68. The normalized spacial score (nSPS) is 10.5. The van der Waals surface area contributed by atoms with Crippen molar-refractivity contribution in [2.75, 3.05) is 0 Å². The first-order chi connectivity index (χ1) is 8.06. The van der Waals surface area contributed by atoms with Gasteiger partial charge in [0.2, 0.25) is 5.88 Å². The zero-order valence-corrected chi connectivity index (χ0v) is 10.6. The van der Waals surface area contributed by atoms with E-state index in [0.717, 1.165) is 25.7 Å². The minimum absolute atomic E-state index is 0.0881. The summed E-state index contributed by atoms with van der Waals surface area (Å²) in [5.74, 6) is -1.22. The fraction of sp³-hybridized carbons (Fsp3) is 0.545. The van der Waals surface area contributed by atoms with Gasteiger partial charge < -0.3 is 10.2 Å². The van der Waals surface area contributed by atoms with Gasteiger partial charge in [-0.05, 0) is 6.42 Å². The van der Waals surface area contributed by atoms with Crippen LogP contribution in [0.15, 0.2) is 4.90 Å². The average Bonchev–Trinajstić information content (AvgIpc) is 2.28. The molecule has 0 fully saturated rings. The van der Waals surface area contributed by atoms with Gasteiger partial charge in [-0.25, -0.2) is 9.78 Å². The standard InChI is InChI=1S/C11H16N2O3S/c1-2-3-4-5-6-7-12-8(11(15)16)9(17)10(14)13-7/h17H,2-6H2,1H3,(H,15,16)(H,12,13,14). The van der Waals surface area contributed by atoms with Crippen molar-refractivity contribution in [1.82, 2.24) is 9.97 Å². The van der Waals surface area contributed by atoms with Crippen molar-refractivity contribution < 1.29 is 15.0 Å². The molecule has 0 aliphatic carbocycles. The lowest BCUT2D eigenvalue weighted by molar-refractivity contribution is 0.0684. The summed E-state index contributed by atoms with van der Waals surface area (Å²) in [6.45, 7) is 2.11. The van der Waals surface area contributed by atoms with Crippen molar-refractivity contribution in [2.45, 2.75) is 43.9 Å². The third-order valence-corrected chi connectivity index (χ3v) is 2.78. The molecule has 0 aliphatic heterocycles. The van der Waals surface area contributed by atoms with Gasteiger partial charge in [0.05, 0.1) is 4.90 Å². The molecule has 0 aliphatic rings. The van der Waals surface area contributed by atoms with Gasteiger partial charge in [0.15, 0.2) is 5.69 Å². The highest BCUT2D eigenvalue weighted by atomic mass is 32.1. The van der Waals surface area contributed by atoms with Crippen molar-refractivity contribution in [3.05, 3.63) is 11.5 Å². The van der Waals surface area contributed by atoms with Crippen LogP contribution in [0.5, 0.6) is 5.88 Å². The molecule has 6 heteroatoms. The van der Waals surface area contributed by atoms with Crippen molar-refractivity contribution in [3.8, 4) is 5.88 Å². The van der Waals surface area contributed by atoms with Crippen LogP contribution in [-0.2, 0) is 6.42 Å². The summed E-state index contributed by atoms with van der Waals surface area (Å²) < 4.78 is 0. The molecule has 2 N–H and O–H groups in total. The Labute approximate surface area is 105 Å². The quantitative estimate of drug-likeness (QED) is 0.537. The van der Waals surface area contributed by atoms with Crippen LogP contribution in [0.1, 0.15) is 48.9 Å². The molecule has 94 valence electrons. The van der Waals surface area contributed by atoms with Gasteiger partial charge in [-0.2, -0.15) is 4.98 Å². The monoisotopic (exact) mass is 256 g/mol. The third kappa shape index (κ3) is 3.89. The predicted molar refractivity (Wildman–Crippen MR) is 65.8 cm³/mol. The number of aromatic nitrogens is 2. The van der Waals surface area contributed by atoms with Crippen LogP contribution in [0, 0.1) is 0 Å². The number of unbranched alkanes of at least 4 members (excludes halogenated alkanes) is 3. The molecule has 1 rings (SSSR count). The first-order valence-electron chi connectivity index (χ1n) is 5.58. The van der Waals surface area contributed by atoms with Crippen LogP contribution in [-0.4, -0.2) is 26.2 Å². The average molecular weight is 256 g/mol. The molecule has 0 bridgehead atoms. The topological polar surface area (TPSA) is 83.3 Å². The Balaban J connectivity index is 2.77. The second kappa shape index (κ2) is 6.44. The fourth-order valence-corrected chi connectivity index (χ4v) is 1.65. The van der Waals surface area contributed by atoms with Gasteiger partial charge in [0, 0.05) is 6.42 Å². The number of aromatic hydroxyl groups is 1. The molecular formula is C11H16N2O3S. The fourth-order valence-electron chi connectivity index (χ4n) is 1.46. The highest BCUT2D eigenvalue weighted by molar-refractivity contribution is 7.80. The third-order valence-electron chi connectivity index (χ3n) is 2.37. The Hall–Kier alpha value is -1.30. The van der Waals surface area contributed by atoms with E-state index < -0.39 is 5.97 Å². The molecule has 0 radical (unpaired) electrons. The highest BCUT2D eigenvalue weighted by Gasteiger charge is 2.16. The van der Waals surface area contributed by atoms with Crippen LogP contribution < -0.4 is 0 Å². The molecule has 1 heterocycles. The van der Waals surface area contributed by atoms with Crippen LogP contribution in [0.3, 0.4) is 0 Å². The number of carboxylic acid groups (broad SMARTS) is 1. The number of aryl methyl sites for hydroxylation is 1. The van der Waals surface area contributed by atoms with Crippen LogP contribution >= 0.6 is 12.6 Å². The van der Waals surface area contributed by atoms with Crippen molar-refractivity contribution in [1.29, 1.82) is 0 Å². The van der Waals surface area contributed by atoms with Gasteiger partial charge >= 0.3 is 5.97 Å². The molecular weight excluding hydrogens is 240 g/mol. The number of hydrogen-bond acceptors (Lipinski definition) is 5. The number of rotatable bonds is 6.